The Bertz CT molecular complexity index is 1340. The molecule has 2 aromatic carbocycles. The van der Waals surface area contributed by atoms with Crippen molar-refractivity contribution < 1.29 is 9.59 Å². The Balaban J connectivity index is 1.25. The van der Waals surface area contributed by atoms with E-state index in [1.54, 1.807) is 35.6 Å². The van der Waals surface area contributed by atoms with Crippen LogP contribution in [0, 0.1) is 0 Å². The van der Waals surface area contributed by atoms with Gasteiger partial charge >= 0.3 is 0 Å². The third-order valence-electron chi connectivity index (χ3n) is 6.05. The Morgan fingerprint density at radius 1 is 1.03 bits per heavy atom. The summed E-state index contributed by atoms with van der Waals surface area (Å²) in [6.45, 7) is 3.45. The molecule has 1 fully saturated rings. The molecule has 0 spiro atoms. The molecule has 2 aromatic heterocycles. The second-order valence-electron chi connectivity index (χ2n) is 8.44. The molecule has 5 rings (SSSR count). The van der Waals surface area contributed by atoms with Gasteiger partial charge in [0.05, 0.1) is 10.6 Å². The van der Waals surface area contributed by atoms with Crippen molar-refractivity contribution in [2.45, 2.75) is 18.1 Å². The van der Waals surface area contributed by atoms with Gasteiger partial charge in [-0.1, -0.05) is 47.6 Å². The predicted molar refractivity (Wildman–Crippen MR) is 144 cm³/mol. The van der Waals surface area contributed by atoms with Gasteiger partial charge in [-0.15, -0.1) is 21.5 Å². The van der Waals surface area contributed by atoms with Gasteiger partial charge in [-0.2, -0.15) is 0 Å². The number of piperazine rings is 1. The lowest BCUT2D eigenvalue weighted by molar-refractivity contribution is -0.130. The van der Waals surface area contributed by atoms with Gasteiger partial charge < -0.3 is 9.80 Å². The first kappa shape index (κ1) is 24.5. The van der Waals surface area contributed by atoms with Crippen LogP contribution < -0.4 is 0 Å². The average Bonchev–Trinajstić information content (AvgIpc) is 3.58. The minimum absolute atomic E-state index is 0.0192. The Kier molecular flexibility index (Phi) is 7.41. The number of aromatic nitrogens is 3. The topological polar surface area (TPSA) is 71.3 Å². The molecule has 1 aliphatic rings. The number of thioether (sulfide) groups is 1. The summed E-state index contributed by atoms with van der Waals surface area (Å²) in [5.74, 6) is 0.977. The zero-order valence-electron chi connectivity index (χ0n) is 19.6. The van der Waals surface area contributed by atoms with Crippen LogP contribution in [0.5, 0.6) is 0 Å². The zero-order valence-corrected chi connectivity index (χ0v) is 22.0. The molecule has 1 aliphatic heterocycles. The number of hydrogen-bond acceptors (Lipinski definition) is 6. The molecule has 0 N–H and O–H groups in total. The second-order valence-corrected chi connectivity index (χ2v) is 10.8. The molecule has 10 heteroatoms. The zero-order chi connectivity index (χ0) is 25.1. The average molecular weight is 538 g/mol. The third kappa shape index (κ3) is 5.18. The molecule has 2 amide bonds. The maximum atomic E-state index is 13.1. The normalized spacial score (nSPS) is 15.8. The number of thiophene rings is 1. The maximum Gasteiger partial charge on any atom is 0.254 e. The second kappa shape index (κ2) is 10.9. The number of rotatable bonds is 6. The van der Waals surface area contributed by atoms with E-state index in [0.717, 1.165) is 16.4 Å². The number of nitrogens with zero attached hydrogens (tertiary/aromatic N) is 5. The van der Waals surface area contributed by atoms with Gasteiger partial charge in [-0.25, -0.2) is 0 Å². The van der Waals surface area contributed by atoms with Crippen molar-refractivity contribution >= 4 is 46.5 Å². The van der Waals surface area contributed by atoms with E-state index in [1.165, 1.54) is 11.8 Å². The lowest BCUT2D eigenvalue weighted by atomic mass is 10.1. The van der Waals surface area contributed by atoms with Crippen LogP contribution in [0.4, 0.5) is 0 Å². The number of hydrogen-bond donors (Lipinski definition) is 0. The summed E-state index contributed by atoms with van der Waals surface area (Å²) >= 11 is 8.93. The van der Waals surface area contributed by atoms with Gasteiger partial charge in [-0.3, -0.25) is 14.2 Å². The number of para-hydroxylation sites is 1. The van der Waals surface area contributed by atoms with E-state index in [0.29, 0.717) is 35.4 Å². The Labute approximate surface area is 222 Å². The number of carbonyl (C=O) groups excluding carboxylic acids is 2. The monoisotopic (exact) mass is 537 g/mol. The van der Waals surface area contributed by atoms with Gasteiger partial charge in [0.15, 0.2) is 11.0 Å². The molecule has 1 unspecified atom stereocenters. The summed E-state index contributed by atoms with van der Waals surface area (Å²) in [4.78, 5) is 30.7. The Hall–Kier alpha value is -3.14. The number of carbonyl (C=O) groups is 2. The lowest BCUT2D eigenvalue weighted by Gasteiger charge is -2.40. The molecule has 0 saturated carbocycles. The first-order valence-corrected chi connectivity index (χ1v) is 13.8. The van der Waals surface area contributed by atoms with E-state index in [4.69, 9.17) is 11.6 Å². The molecule has 4 aromatic rings. The van der Waals surface area contributed by atoms with Gasteiger partial charge in [0, 0.05) is 41.9 Å². The summed E-state index contributed by atoms with van der Waals surface area (Å²) in [6, 6.07) is 20.7. The third-order valence-corrected chi connectivity index (χ3v) is 8.08. The van der Waals surface area contributed by atoms with Crippen LogP contribution in [0.1, 0.15) is 17.3 Å². The fraction of sp³-hybridized carbons (Fsp3) is 0.231. The van der Waals surface area contributed by atoms with E-state index in [-0.39, 0.29) is 23.6 Å². The van der Waals surface area contributed by atoms with Crippen molar-refractivity contribution in [2.75, 3.05) is 25.4 Å². The first-order chi connectivity index (χ1) is 17.5. The first-order valence-electron chi connectivity index (χ1n) is 11.5. The summed E-state index contributed by atoms with van der Waals surface area (Å²) in [5.41, 5.74) is 1.55. The molecule has 7 nitrogen and oxygen atoms in total. The van der Waals surface area contributed by atoms with Gasteiger partial charge in [0.25, 0.3) is 5.91 Å². The molecule has 0 aliphatic carbocycles. The van der Waals surface area contributed by atoms with Crippen molar-refractivity contribution in [2.24, 2.45) is 0 Å². The molecule has 0 radical (unpaired) electrons. The summed E-state index contributed by atoms with van der Waals surface area (Å²) in [6.07, 6.45) is 0. The molecular weight excluding hydrogens is 514 g/mol. The maximum absolute atomic E-state index is 13.1. The van der Waals surface area contributed by atoms with Crippen molar-refractivity contribution in [1.29, 1.82) is 0 Å². The Morgan fingerprint density at radius 2 is 1.81 bits per heavy atom. The highest BCUT2D eigenvalue weighted by atomic mass is 35.5. The van der Waals surface area contributed by atoms with Gasteiger partial charge in [0.1, 0.15) is 0 Å². The van der Waals surface area contributed by atoms with E-state index >= 15 is 0 Å². The van der Waals surface area contributed by atoms with Crippen LogP contribution in [0.2, 0.25) is 5.02 Å². The minimum Gasteiger partial charge on any atom is -0.338 e. The van der Waals surface area contributed by atoms with Crippen LogP contribution in [-0.4, -0.2) is 67.8 Å². The molecule has 184 valence electrons. The van der Waals surface area contributed by atoms with Crippen LogP contribution in [0.15, 0.2) is 77.3 Å². The quantitative estimate of drug-likeness (QED) is 0.319. The molecule has 3 heterocycles. The number of halogens is 1. The smallest absolute Gasteiger partial charge is 0.254 e. The van der Waals surface area contributed by atoms with Crippen LogP contribution in [0.3, 0.4) is 0 Å². The predicted octanol–water partition coefficient (Wildman–Crippen LogP) is 5.11. The molecular formula is C26H24ClN5O2S2. The highest BCUT2D eigenvalue weighted by Gasteiger charge is 2.30. The summed E-state index contributed by atoms with van der Waals surface area (Å²) < 4.78 is 2.00. The van der Waals surface area contributed by atoms with E-state index in [1.807, 2.05) is 69.1 Å². The van der Waals surface area contributed by atoms with E-state index in [9.17, 15) is 9.59 Å². The highest BCUT2D eigenvalue weighted by Crippen LogP contribution is 2.30. The van der Waals surface area contributed by atoms with Gasteiger partial charge in [0.2, 0.25) is 5.91 Å². The number of benzene rings is 2. The van der Waals surface area contributed by atoms with E-state index < -0.39 is 0 Å². The van der Waals surface area contributed by atoms with Gasteiger partial charge in [-0.05, 0) is 54.8 Å². The van der Waals surface area contributed by atoms with Crippen molar-refractivity contribution in [1.82, 2.24) is 24.6 Å². The molecule has 1 saturated heterocycles. The largest absolute Gasteiger partial charge is 0.338 e. The Morgan fingerprint density at radius 3 is 2.50 bits per heavy atom. The van der Waals surface area contributed by atoms with Crippen LogP contribution in [0.25, 0.3) is 16.4 Å². The lowest BCUT2D eigenvalue weighted by Crippen LogP contribution is -2.55. The molecule has 0 bridgehead atoms. The molecule has 36 heavy (non-hydrogen) atoms. The van der Waals surface area contributed by atoms with E-state index in [2.05, 4.69) is 10.2 Å². The fourth-order valence-corrected chi connectivity index (χ4v) is 5.88. The SMILES string of the molecule is CC1CN(C(=O)CSc2nnc(-c3cccs3)n2-c2ccccc2)CCN1C(=O)c1ccc(Cl)cc1. The standard InChI is InChI=1S/C26H24ClN5O2S2/c1-18-16-30(13-14-31(18)25(34)19-9-11-20(27)12-10-19)23(33)17-36-26-29-28-24(22-8-5-15-35-22)32(26)21-6-3-2-4-7-21/h2-12,15,18H,13-14,16-17H2,1H3. The van der Waals surface area contributed by atoms with Crippen LogP contribution in [-0.2, 0) is 4.79 Å². The van der Waals surface area contributed by atoms with Crippen LogP contribution >= 0.6 is 34.7 Å². The fourth-order valence-electron chi connectivity index (χ4n) is 4.20. The summed E-state index contributed by atoms with van der Waals surface area (Å²) in [5, 5.41) is 12.1. The number of amides is 2. The van der Waals surface area contributed by atoms with Crippen molar-refractivity contribution in [3.8, 4) is 16.4 Å². The highest BCUT2D eigenvalue weighted by molar-refractivity contribution is 7.99. The van der Waals surface area contributed by atoms with Crippen molar-refractivity contribution in [3.63, 3.8) is 0 Å². The minimum atomic E-state index is -0.0886. The summed E-state index contributed by atoms with van der Waals surface area (Å²) in [7, 11) is 0. The van der Waals surface area contributed by atoms with Crippen molar-refractivity contribution in [3.05, 3.63) is 82.7 Å². The molecule has 1 atom stereocenters.